The number of aromatic nitrogens is 2. The number of ether oxygens (including phenoxy) is 1. The van der Waals surface area contributed by atoms with Crippen molar-refractivity contribution in [3.8, 4) is 0 Å². The highest BCUT2D eigenvalue weighted by Crippen LogP contribution is 2.37. The van der Waals surface area contributed by atoms with E-state index in [0.717, 1.165) is 11.9 Å². The van der Waals surface area contributed by atoms with E-state index in [1.165, 1.54) is 12.1 Å². The van der Waals surface area contributed by atoms with Crippen molar-refractivity contribution in [2.45, 2.75) is 31.9 Å². The Kier molecular flexibility index (Phi) is 2.35. The predicted octanol–water partition coefficient (Wildman–Crippen LogP) is 2.28. The second kappa shape index (κ2) is 3.68. The second-order valence-corrected chi connectivity index (χ2v) is 5.06. The topological polar surface area (TPSA) is 53.1 Å². The lowest BCUT2D eigenvalue weighted by atomic mass is 9.94. The van der Waals surface area contributed by atoms with Gasteiger partial charge >= 0.3 is 0 Å². The van der Waals surface area contributed by atoms with Gasteiger partial charge in [-0.15, -0.1) is 0 Å². The Bertz CT molecular complexity index is 610. The van der Waals surface area contributed by atoms with Gasteiger partial charge in [0.15, 0.2) is 0 Å². The first-order valence-electron chi connectivity index (χ1n) is 6.08. The van der Waals surface area contributed by atoms with E-state index >= 15 is 0 Å². The molecule has 2 unspecified atom stereocenters. The molecular formula is C13H16FN3O. The summed E-state index contributed by atoms with van der Waals surface area (Å²) in [5.74, 6) is 0.114. The molecule has 1 fully saturated rings. The molecule has 5 heteroatoms. The Labute approximate surface area is 105 Å². The Morgan fingerprint density at radius 1 is 1.56 bits per heavy atom. The third kappa shape index (κ3) is 1.43. The van der Waals surface area contributed by atoms with Crippen LogP contribution in [-0.4, -0.2) is 22.3 Å². The smallest absolute Gasteiger partial charge is 0.201 e. The molecule has 2 aromatic rings. The number of benzene rings is 1. The molecule has 1 aliphatic heterocycles. The molecule has 0 bridgehead atoms. The van der Waals surface area contributed by atoms with Gasteiger partial charge in [0, 0.05) is 12.7 Å². The van der Waals surface area contributed by atoms with E-state index in [1.54, 1.807) is 6.07 Å². The lowest BCUT2D eigenvalue weighted by Gasteiger charge is -2.30. The summed E-state index contributed by atoms with van der Waals surface area (Å²) in [6.45, 7) is 4.84. The van der Waals surface area contributed by atoms with Crippen molar-refractivity contribution >= 4 is 17.0 Å². The second-order valence-electron chi connectivity index (χ2n) is 5.06. The fraction of sp³-hybridized carbons (Fsp3) is 0.462. The molecule has 0 spiro atoms. The van der Waals surface area contributed by atoms with Crippen molar-refractivity contribution in [3.05, 3.63) is 24.0 Å². The van der Waals surface area contributed by atoms with E-state index in [2.05, 4.69) is 11.9 Å². The first-order chi connectivity index (χ1) is 8.52. The van der Waals surface area contributed by atoms with Gasteiger partial charge in [0.05, 0.1) is 22.7 Å². The van der Waals surface area contributed by atoms with Crippen molar-refractivity contribution in [3.63, 3.8) is 0 Å². The number of nitrogens with two attached hydrogens (primary N) is 1. The normalized spacial score (nSPS) is 28.1. The van der Waals surface area contributed by atoms with E-state index in [9.17, 15) is 4.39 Å². The number of hydrogen-bond donors (Lipinski definition) is 1. The Hall–Kier alpha value is -1.62. The van der Waals surface area contributed by atoms with Crippen LogP contribution in [-0.2, 0) is 10.3 Å². The molecule has 4 nitrogen and oxygen atoms in total. The fourth-order valence-corrected chi connectivity index (χ4v) is 2.73. The Balaban J connectivity index is 2.25. The van der Waals surface area contributed by atoms with Crippen molar-refractivity contribution < 1.29 is 9.13 Å². The first kappa shape index (κ1) is 11.5. The summed E-state index contributed by atoms with van der Waals surface area (Å²) in [5.41, 5.74) is 7.22. The Morgan fingerprint density at radius 2 is 2.33 bits per heavy atom. The van der Waals surface area contributed by atoms with Crippen LogP contribution < -0.4 is 5.73 Å². The zero-order valence-electron chi connectivity index (χ0n) is 10.5. The van der Waals surface area contributed by atoms with E-state index in [1.807, 2.05) is 11.5 Å². The summed E-state index contributed by atoms with van der Waals surface area (Å²) in [7, 11) is 0. The van der Waals surface area contributed by atoms with Crippen LogP contribution in [0.2, 0.25) is 0 Å². The molecule has 2 N–H and O–H groups in total. The molecule has 0 radical (unpaired) electrons. The average Bonchev–Trinajstić information content (AvgIpc) is 2.79. The molecule has 0 amide bonds. The van der Waals surface area contributed by atoms with E-state index < -0.39 is 0 Å². The van der Waals surface area contributed by atoms with Crippen LogP contribution in [0, 0.1) is 5.82 Å². The number of imidazole rings is 1. The van der Waals surface area contributed by atoms with E-state index in [-0.39, 0.29) is 17.5 Å². The van der Waals surface area contributed by atoms with Gasteiger partial charge in [-0.2, -0.15) is 0 Å². The molecular weight excluding hydrogens is 233 g/mol. The summed E-state index contributed by atoms with van der Waals surface area (Å²) in [6.07, 6.45) is 0.934. The fourth-order valence-electron chi connectivity index (χ4n) is 2.73. The Morgan fingerprint density at radius 3 is 3.00 bits per heavy atom. The summed E-state index contributed by atoms with van der Waals surface area (Å²) >= 11 is 0. The van der Waals surface area contributed by atoms with Gasteiger partial charge in [-0.25, -0.2) is 9.37 Å². The van der Waals surface area contributed by atoms with Crippen LogP contribution in [0.5, 0.6) is 0 Å². The molecule has 3 rings (SSSR count). The van der Waals surface area contributed by atoms with Gasteiger partial charge in [0.2, 0.25) is 5.95 Å². The minimum Gasteiger partial charge on any atom is -0.376 e. The number of hydrogen-bond acceptors (Lipinski definition) is 3. The summed E-state index contributed by atoms with van der Waals surface area (Å²) in [4.78, 5) is 4.24. The van der Waals surface area contributed by atoms with Crippen LogP contribution >= 0.6 is 0 Å². The highest BCUT2D eigenvalue weighted by Gasteiger charge is 2.40. The van der Waals surface area contributed by atoms with Gasteiger partial charge in [-0.1, -0.05) is 0 Å². The minimum absolute atomic E-state index is 0.0576. The third-order valence-corrected chi connectivity index (χ3v) is 4.01. The average molecular weight is 249 g/mol. The van der Waals surface area contributed by atoms with Crippen molar-refractivity contribution in [1.29, 1.82) is 0 Å². The molecule has 18 heavy (non-hydrogen) atoms. The maximum absolute atomic E-state index is 13.2. The van der Waals surface area contributed by atoms with Crippen LogP contribution in [0.4, 0.5) is 10.3 Å². The molecule has 96 valence electrons. The van der Waals surface area contributed by atoms with Gasteiger partial charge < -0.3 is 15.0 Å². The van der Waals surface area contributed by atoms with Gasteiger partial charge in [-0.3, -0.25) is 0 Å². The number of rotatable bonds is 1. The molecule has 1 aromatic heterocycles. The van der Waals surface area contributed by atoms with Crippen molar-refractivity contribution in [2.24, 2.45) is 0 Å². The molecule has 2 heterocycles. The maximum Gasteiger partial charge on any atom is 0.201 e. The minimum atomic E-state index is -0.298. The number of nitrogen functional groups attached to an aromatic ring is 1. The standard InChI is InChI=1S/C13H16FN3O/c1-8-13(2,5-6-18-8)17-11-4-3-9(14)7-10(11)16-12(17)15/h3-4,7-8H,5-6H2,1-2H3,(H2,15,16). The van der Waals surface area contributed by atoms with Gasteiger partial charge in [0.1, 0.15) is 5.82 Å². The zero-order chi connectivity index (χ0) is 12.9. The lowest BCUT2D eigenvalue weighted by molar-refractivity contribution is 0.0783. The number of anilines is 1. The number of fused-ring (bicyclic) bond motifs is 1. The molecule has 0 saturated carbocycles. The summed E-state index contributed by atoms with van der Waals surface area (Å²) in [6, 6.07) is 4.57. The van der Waals surface area contributed by atoms with Crippen LogP contribution in [0.25, 0.3) is 11.0 Å². The highest BCUT2D eigenvalue weighted by molar-refractivity contribution is 5.78. The third-order valence-electron chi connectivity index (χ3n) is 4.01. The largest absolute Gasteiger partial charge is 0.376 e. The predicted molar refractivity (Wildman–Crippen MR) is 67.8 cm³/mol. The van der Waals surface area contributed by atoms with Crippen LogP contribution in [0.15, 0.2) is 18.2 Å². The lowest BCUT2D eigenvalue weighted by Crippen LogP contribution is -2.37. The summed E-state index contributed by atoms with van der Waals surface area (Å²) < 4.78 is 20.8. The summed E-state index contributed by atoms with van der Waals surface area (Å²) in [5, 5.41) is 0. The molecule has 1 aromatic carbocycles. The number of nitrogens with zero attached hydrogens (tertiary/aromatic N) is 2. The molecule has 0 aliphatic carbocycles. The number of halogens is 1. The van der Waals surface area contributed by atoms with Crippen molar-refractivity contribution in [1.82, 2.24) is 9.55 Å². The quantitative estimate of drug-likeness (QED) is 0.843. The first-order valence-corrected chi connectivity index (χ1v) is 6.08. The van der Waals surface area contributed by atoms with Crippen LogP contribution in [0.1, 0.15) is 20.3 Å². The SMILES string of the molecule is CC1OCCC1(C)n1c(N)nc2cc(F)ccc21. The highest BCUT2D eigenvalue weighted by atomic mass is 19.1. The zero-order valence-corrected chi connectivity index (χ0v) is 10.5. The molecule has 1 aliphatic rings. The van der Waals surface area contributed by atoms with Crippen LogP contribution in [0.3, 0.4) is 0 Å². The monoisotopic (exact) mass is 249 g/mol. The van der Waals surface area contributed by atoms with E-state index in [0.29, 0.717) is 18.1 Å². The van der Waals surface area contributed by atoms with Gasteiger partial charge in [0.25, 0.3) is 0 Å². The molecule has 1 saturated heterocycles. The molecule has 2 atom stereocenters. The van der Waals surface area contributed by atoms with Crippen molar-refractivity contribution in [2.75, 3.05) is 12.3 Å². The maximum atomic E-state index is 13.2. The van der Waals surface area contributed by atoms with Gasteiger partial charge in [-0.05, 0) is 32.4 Å². The van der Waals surface area contributed by atoms with E-state index in [4.69, 9.17) is 10.5 Å².